The molecule has 1 aliphatic carbocycles. The maximum atomic E-state index is 11.8. The Labute approximate surface area is 115 Å². The van der Waals surface area contributed by atoms with Crippen molar-refractivity contribution in [2.75, 3.05) is 10.5 Å². The standard InChI is InChI=1S/C14H22N2O2S/c1-2-3-9-19(17,18)16-14-6-4-5-12(10-14)11-15-13-7-8-13/h4-6,10,13,15-16H,2-3,7-9,11H2,1H3. The summed E-state index contributed by atoms with van der Waals surface area (Å²) in [4.78, 5) is 0. The van der Waals surface area contributed by atoms with Gasteiger partial charge in [-0.25, -0.2) is 8.42 Å². The third kappa shape index (κ3) is 5.20. The Balaban J connectivity index is 1.93. The summed E-state index contributed by atoms with van der Waals surface area (Å²) in [6.45, 7) is 2.79. The van der Waals surface area contributed by atoms with Crippen molar-refractivity contribution in [3.63, 3.8) is 0 Å². The lowest BCUT2D eigenvalue weighted by atomic mass is 10.2. The molecule has 5 heteroatoms. The molecule has 1 aromatic carbocycles. The van der Waals surface area contributed by atoms with Gasteiger partial charge in [0.15, 0.2) is 0 Å². The van der Waals surface area contributed by atoms with Crippen LogP contribution in [0.3, 0.4) is 0 Å². The van der Waals surface area contributed by atoms with Crippen LogP contribution >= 0.6 is 0 Å². The average molecular weight is 282 g/mol. The van der Waals surface area contributed by atoms with Gasteiger partial charge in [0, 0.05) is 18.3 Å². The number of rotatable bonds is 8. The van der Waals surface area contributed by atoms with Gasteiger partial charge < -0.3 is 5.32 Å². The van der Waals surface area contributed by atoms with Gasteiger partial charge in [-0.05, 0) is 37.0 Å². The van der Waals surface area contributed by atoms with Crippen molar-refractivity contribution in [1.82, 2.24) is 5.32 Å². The van der Waals surface area contributed by atoms with Gasteiger partial charge in [0.1, 0.15) is 0 Å². The third-order valence-electron chi connectivity index (χ3n) is 3.14. The Kier molecular flexibility index (Phi) is 4.82. The zero-order chi connectivity index (χ0) is 13.7. The van der Waals surface area contributed by atoms with E-state index in [0.717, 1.165) is 18.5 Å². The maximum Gasteiger partial charge on any atom is 0.232 e. The lowest BCUT2D eigenvalue weighted by Gasteiger charge is -2.09. The quantitative estimate of drug-likeness (QED) is 0.770. The summed E-state index contributed by atoms with van der Waals surface area (Å²) in [5.74, 6) is 0.189. The first-order valence-electron chi connectivity index (χ1n) is 6.92. The SMILES string of the molecule is CCCCS(=O)(=O)Nc1cccc(CNC2CC2)c1. The summed E-state index contributed by atoms with van der Waals surface area (Å²) in [7, 11) is -3.20. The smallest absolute Gasteiger partial charge is 0.232 e. The van der Waals surface area contributed by atoms with Gasteiger partial charge in [-0.3, -0.25) is 4.72 Å². The van der Waals surface area contributed by atoms with Crippen molar-refractivity contribution < 1.29 is 8.42 Å². The molecule has 1 aliphatic rings. The summed E-state index contributed by atoms with van der Waals surface area (Å²) < 4.78 is 26.3. The van der Waals surface area contributed by atoms with Gasteiger partial charge in [-0.15, -0.1) is 0 Å². The normalized spacial score (nSPS) is 15.4. The van der Waals surface area contributed by atoms with Gasteiger partial charge >= 0.3 is 0 Å². The molecule has 0 aromatic heterocycles. The molecule has 1 saturated carbocycles. The molecule has 0 unspecified atom stereocenters. The summed E-state index contributed by atoms with van der Waals surface area (Å²) >= 11 is 0. The third-order valence-corrected chi connectivity index (χ3v) is 4.51. The molecule has 0 bridgehead atoms. The van der Waals surface area contributed by atoms with Crippen molar-refractivity contribution in [3.8, 4) is 0 Å². The van der Waals surface area contributed by atoms with Gasteiger partial charge in [0.05, 0.1) is 5.75 Å². The molecular weight excluding hydrogens is 260 g/mol. The van der Waals surface area contributed by atoms with E-state index in [1.54, 1.807) is 6.07 Å². The second-order valence-corrected chi connectivity index (χ2v) is 6.97. The molecule has 2 N–H and O–H groups in total. The number of unbranched alkanes of at least 4 members (excludes halogenated alkanes) is 1. The molecule has 2 rings (SSSR count). The first kappa shape index (κ1) is 14.3. The monoisotopic (exact) mass is 282 g/mol. The Morgan fingerprint density at radius 1 is 1.32 bits per heavy atom. The number of benzene rings is 1. The Hall–Kier alpha value is -1.07. The number of nitrogens with one attached hydrogen (secondary N) is 2. The van der Waals surface area contributed by atoms with Crippen LogP contribution in [0.2, 0.25) is 0 Å². The van der Waals surface area contributed by atoms with E-state index in [0.29, 0.717) is 18.2 Å². The van der Waals surface area contributed by atoms with E-state index in [9.17, 15) is 8.42 Å². The van der Waals surface area contributed by atoms with E-state index in [4.69, 9.17) is 0 Å². The molecule has 106 valence electrons. The summed E-state index contributed by atoms with van der Waals surface area (Å²) in [6.07, 6.45) is 4.08. The fourth-order valence-electron chi connectivity index (χ4n) is 1.86. The second-order valence-electron chi connectivity index (χ2n) is 5.13. The Morgan fingerprint density at radius 3 is 2.79 bits per heavy atom. The maximum absolute atomic E-state index is 11.8. The topological polar surface area (TPSA) is 58.2 Å². The molecule has 0 aliphatic heterocycles. The van der Waals surface area contributed by atoms with Crippen LogP contribution in [0, 0.1) is 0 Å². The molecule has 0 saturated heterocycles. The second kappa shape index (κ2) is 6.39. The van der Waals surface area contributed by atoms with Gasteiger partial charge in [0.25, 0.3) is 0 Å². The van der Waals surface area contributed by atoms with Crippen LogP contribution in [0.5, 0.6) is 0 Å². The first-order chi connectivity index (χ1) is 9.09. The predicted octanol–water partition coefficient (Wildman–Crippen LogP) is 2.48. The highest BCUT2D eigenvalue weighted by Crippen LogP contribution is 2.20. The van der Waals surface area contributed by atoms with Crippen LogP contribution in [0.4, 0.5) is 5.69 Å². The lowest BCUT2D eigenvalue weighted by molar-refractivity contribution is 0.598. The van der Waals surface area contributed by atoms with Crippen molar-refractivity contribution >= 4 is 15.7 Å². The lowest BCUT2D eigenvalue weighted by Crippen LogP contribution is -2.18. The zero-order valence-corrected chi connectivity index (χ0v) is 12.2. The van der Waals surface area contributed by atoms with E-state index >= 15 is 0 Å². The first-order valence-corrected chi connectivity index (χ1v) is 8.57. The van der Waals surface area contributed by atoms with E-state index in [2.05, 4.69) is 10.0 Å². The Morgan fingerprint density at radius 2 is 2.11 bits per heavy atom. The highest BCUT2D eigenvalue weighted by molar-refractivity contribution is 7.92. The molecule has 19 heavy (non-hydrogen) atoms. The van der Waals surface area contributed by atoms with Crippen LogP contribution in [-0.2, 0) is 16.6 Å². The molecule has 0 radical (unpaired) electrons. The summed E-state index contributed by atoms with van der Waals surface area (Å²) in [5, 5.41) is 3.42. The van der Waals surface area contributed by atoms with E-state index < -0.39 is 10.0 Å². The Bertz CT molecular complexity index is 510. The highest BCUT2D eigenvalue weighted by Gasteiger charge is 2.19. The summed E-state index contributed by atoms with van der Waals surface area (Å²) in [6, 6.07) is 8.26. The van der Waals surface area contributed by atoms with Gasteiger partial charge in [-0.1, -0.05) is 25.5 Å². The average Bonchev–Trinajstić information content (AvgIpc) is 3.18. The minimum atomic E-state index is -3.20. The van der Waals surface area contributed by atoms with Gasteiger partial charge in [-0.2, -0.15) is 0 Å². The minimum absolute atomic E-state index is 0.189. The van der Waals surface area contributed by atoms with Crippen molar-refractivity contribution in [3.05, 3.63) is 29.8 Å². The molecule has 1 fully saturated rings. The van der Waals surface area contributed by atoms with Crippen LogP contribution in [0.25, 0.3) is 0 Å². The largest absolute Gasteiger partial charge is 0.310 e. The number of hydrogen-bond donors (Lipinski definition) is 2. The van der Waals surface area contributed by atoms with E-state index in [1.165, 1.54) is 12.8 Å². The summed E-state index contributed by atoms with van der Waals surface area (Å²) in [5.41, 5.74) is 1.77. The zero-order valence-electron chi connectivity index (χ0n) is 11.4. The van der Waals surface area contributed by atoms with Crippen molar-refractivity contribution in [2.24, 2.45) is 0 Å². The molecule has 1 aromatic rings. The van der Waals surface area contributed by atoms with Crippen LogP contribution in [-0.4, -0.2) is 20.2 Å². The molecular formula is C14H22N2O2S. The van der Waals surface area contributed by atoms with E-state index in [1.807, 2.05) is 25.1 Å². The molecule has 0 spiro atoms. The number of hydrogen-bond acceptors (Lipinski definition) is 3. The molecule has 0 amide bonds. The van der Waals surface area contributed by atoms with Crippen LogP contribution in [0.15, 0.2) is 24.3 Å². The van der Waals surface area contributed by atoms with Crippen LogP contribution < -0.4 is 10.0 Å². The minimum Gasteiger partial charge on any atom is -0.310 e. The van der Waals surface area contributed by atoms with Crippen molar-refractivity contribution in [2.45, 2.75) is 45.2 Å². The molecule has 4 nitrogen and oxygen atoms in total. The number of anilines is 1. The number of sulfonamides is 1. The van der Waals surface area contributed by atoms with Gasteiger partial charge in [0.2, 0.25) is 10.0 Å². The van der Waals surface area contributed by atoms with E-state index in [-0.39, 0.29) is 5.75 Å². The molecule has 0 atom stereocenters. The predicted molar refractivity (Wildman–Crippen MR) is 78.6 cm³/mol. The van der Waals surface area contributed by atoms with Crippen LogP contribution in [0.1, 0.15) is 38.2 Å². The highest BCUT2D eigenvalue weighted by atomic mass is 32.2. The fourth-order valence-corrected chi connectivity index (χ4v) is 3.12. The molecule has 0 heterocycles. The fraction of sp³-hybridized carbons (Fsp3) is 0.571. The van der Waals surface area contributed by atoms with Crippen molar-refractivity contribution in [1.29, 1.82) is 0 Å².